The molecule has 1 aromatic rings. The number of rotatable bonds is 6. The molecule has 1 amide bonds. The zero-order valence-electron chi connectivity index (χ0n) is 15.4. The van der Waals surface area contributed by atoms with Crippen molar-refractivity contribution in [2.45, 2.75) is 51.5 Å². The van der Waals surface area contributed by atoms with Crippen LogP contribution in [0.3, 0.4) is 0 Å². The van der Waals surface area contributed by atoms with Crippen LogP contribution < -0.4 is 15.4 Å². The minimum Gasteiger partial charge on any atom is -0.493 e. The third-order valence-corrected chi connectivity index (χ3v) is 5.54. The summed E-state index contributed by atoms with van der Waals surface area (Å²) in [5.41, 5.74) is 1.47. The zero-order chi connectivity index (χ0) is 17.7. The maximum absolute atomic E-state index is 12.7. The van der Waals surface area contributed by atoms with Gasteiger partial charge in [-0.05, 0) is 63.1 Å². The van der Waals surface area contributed by atoms with Crippen LogP contribution in [0.4, 0.5) is 5.69 Å². The lowest BCUT2D eigenvalue weighted by atomic mass is 9.93. The second-order valence-electron chi connectivity index (χ2n) is 7.27. The van der Waals surface area contributed by atoms with Crippen LogP contribution in [-0.2, 0) is 9.53 Å². The van der Waals surface area contributed by atoms with E-state index in [0.29, 0.717) is 12.5 Å². The molecule has 3 rings (SSSR count). The van der Waals surface area contributed by atoms with Gasteiger partial charge in [0.25, 0.3) is 0 Å². The molecule has 0 aromatic heterocycles. The van der Waals surface area contributed by atoms with Gasteiger partial charge in [0.1, 0.15) is 5.75 Å². The number of carbonyl (C=O) groups is 1. The fourth-order valence-corrected chi connectivity index (χ4v) is 3.67. The van der Waals surface area contributed by atoms with Gasteiger partial charge in [-0.2, -0.15) is 0 Å². The fraction of sp³-hybridized carbons (Fsp3) is 0.650. The molecule has 2 N–H and O–H groups in total. The number of benzene rings is 1. The van der Waals surface area contributed by atoms with E-state index in [1.165, 1.54) is 0 Å². The first kappa shape index (κ1) is 18.2. The van der Waals surface area contributed by atoms with E-state index in [9.17, 15) is 4.79 Å². The Bertz CT molecular complexity index is 591. The summed E-state index contributed by atoms with van der Waals surface area (Å²) in [5.74, 6) is 1.47. The first-order valence-corrected chi connectivity index (χ1v) is 9.50. The van der Waals surface area contributed by atoms with Crippen molar-refractivity contribution in [3.8, 4) is 5.75 Å². The van der Waals surface area contributed by atoms with Gasteiger partial charge in [0.15, 0.2) is 0 Å². The number of carbonyl (C=O) groups excluding carboxylic acids is 1. The van der Waals surface area contributed by atoms with E-state index in [2.05, 4.69) is 17.6 Å². The van der Waals surface area contributed by atoms with E-state index in [1.54, 1.807) is 0 Å². The molecule has 0 radical (unpaired) electrons. The van der Waals surface area contributed by atoms with Crippen molar-refractivity contribution in [2.75, 3.05) is 31.7 Å². The van der Waals surface area contributed by atoms with Gasteiger partial charge in [0, 0.05) is 25.0 Å². The number of hydrogen-bond donors (Lipinski definition) is 2. The Morgan fingerprint density at radius 1 is 1.40 bits per heavy atom. The summed E-state index contributed by atoms with van der Waals surface area (Å²) in [6, 6.07) is 5.91. The van der Waals surface area contributed by atoms with E-state index in [0.717, 1.165) is 68.9 Å². The van der Waals surface area contributed by atoms with Crippen LogP contribution in [0.1, 0.15) is 44.6 Å². The first-order valence-electron chi connectivity index (χ1n) is 9.50. The summed E-state index contributed by atoms with van der Waals surface area (Å²) in [6.45, 7) is 7.38. The molecular formula is C20H30N2O3. The third-order valence-electron chi connectivity index (χ3n) is 5.54. The van der Waals surface area contributed by atoms with Gasteiger partial charge in [-0.1, -0.05) is 13.0 Å². The van der Waals surface area contributed by atoms with E-state index in [1.807, 2.05) is 25.1 Å². The average molecular weight is 346 g/mol. The van der Waals surface area contributed by atoms with E-state index in [-0.39, 0.29) is 5.91 Å². The lowest BCUT2D eigenvalue weighted by molar-refractivity contribution is -0.122. The number of hydrogen-bond acceptors (Lipinski definition) is 4. The summed E-state index contributed by atoms with van der Waals surface area (Å²) in [4.78, 5) is 12.7. The molecule has 2 heterocycles. The average Bonchev–Trinajstić information content (AvgIpc) is 3.13. The smallest absolute Gasteiger partial charge is 0.244 e. The van der Waals surface area contributed by atoms with Crippen molar-refractivity contribution in [1.29, 1.82) is 0 Å². The van der Waals surface area contributed by atoms with Crippen LogP contribution in [-0.4, -0.2) is 37.8 Å². The Kier molecular flexibility index (Phi) is 5.97. The van der Waals surface area contributed by atoms with Crippen LogP contribution >= 0.6 is 0 Å². The lowest BCUT2D eigenvalue weighted by Gasteiger charge is -2.27. The molecular weight excluding hydrogens is 316 g/mol. The summed E-state index contributed by atoms with van der Waals surface area (Å²) in [6.07, 6.45) is 4.86. The zero-order valence-corrected chi connectivity index (χ0v) is 15.4. The normalized spacial score (nSPS) is 24.2. The largest absolute Gasteiger partial charge is 0.493 e. The van der Waals surface area contributed by atoms with E-state index < -0.39 is 5.54 Å². The van der Waals surface area contributed by atoms with Gasteiger partial charge in [-0.25, -0.2) is 0 Å². The third kappa shape index (κ3) is 4.33. The van der Waals surface area contributed by atoms with Crippen LogP contribution in [0.2, 0.25) is 0 Å². The monoisotopic (exact) mass is 346 g/mol. The topological polar surface area (TPSA) is 59.6 Å². The van der Waals surface area contributed by atoms with Crippen molar-refractivity contribution in [3.05, 3.63) is 23.8 Å². The fourth-order valence-electron chi connectivity index (χ4n) is 3.67. The van der Waals surface area contributed by atoms with Gasteiger partial charge >= 0.3 is 0 Å². The molecule has 0 aliphatic carbocycles. The number of amides is 1. The second-order valence-corrected chi connectivity index (χ2v) is 7.27. The van der Waals surface area contributed by atoms with Crippen LogP contribution in [0.25, 0.3) is 0 Å². The molecule has 1 unspecified atom stereocenters. The Morgan fingerprint density at radius 2 is 2.20 bits per heavy atom. The molecule has 5 nitrogen and oxygen atoms in total. The van der Waals surface area contributed by atoms with Crippen molar-refractivity contribution >= 4 is 11.6 Å². The Balaban J connectivity index is 1.63. The van der Waals surface area contributed by atoms with Gasteiger partial charge in [-0.15, -0.1) is 0 Å². The maximum atomic E-state index is 12.7. The minimum absolute atomic E-state index is 0.0618. The minimum atomic E-state index is -0.423. The van der Waals surface area contributed by atoms with Crippen LogP contribution in [0.5, 0.6) is 5.75 Å². The summed E-state index contributed by atoms with van der Waals surface area (Å²) < 4.78 is 11.5. The molecule has 2 aliphatic heterocycles. The molecule has 2 fully saturated rings. The highest BCUT2D eigenvalue weighted by molar-refractivity contribution is 5.98. The SMILES string of the molecule is CCC1(C(=O)Nc2ccc(C)c(OCC3CCOCC3)c2)CCCN1. The van der Waals surface area contributed by atoms with Gasteiger partial charge in [0.05, 0.1) is 12.1 Å². The summed E-state index contributed by atoms with van der Waals surface area (Å²) >= 11 is 0. The molecule has 0 saturated carbocycles. The predicted octanol–water partition coefficient (Wildman–Crippen LogP) is 3.27. The van der Waals surface area contributed by atoms with E-state index in [4.69, 9.17) is 9.47 Å². The predicted molar refractivity (Wildman–Crippen MR) is 99.1 cm³/mol. The van der Waals surface area contributed by atoms with Crippen molar-refractivity contribution < 1.29 is 14.3 Å². The standard InChI is InChI=1S/C20H30N2O3/c1-3-20(9-4-10-21-20)19(23)22-17-6-5-15(2)18(13-17)25-14-16-7-11-24-12-8-16/h5-6,13,16,21H,3-4,7-12,14H2,1-2H3,(H,22,23). The number of nitrogens with one attached hydrogen (secondary N) is 2. The van der Waals surface area contributed by atoms with Crippen molar-refractivity contribution in [1.82, 2.24) is 5.32 Å². The number of anilines is 1. The molecule has 5 heteroatoms. The maximum Gasteiger partial charge on any atom is 0.244 e. The Morgan fingerprint density at radius 3 is 2.88 bits per heavy atom. The first-order chi connectivity index (χ1) is 12.1. The van der Waals surface area contributed by atoms with Crippen LogP contribution in [0.15, 0.2) is 18.2 Å². The second kappa shape index (κ2) is 8.19. The highest BCUT2D eigenvalue weighted by Gasteiger charge is 2.39. The number of aryl methyl sites for hydroxylation is 1. The highest BCUT2D eigenvalue weighted by Crippen LogP contribution is 2.28. The van der Waals surface area contributed by atoms with E-state index >= 15 is 0 Å². The quantitative estimate of drug-likeness (QED) is 0.830. The van der Waals surface area contributed by atoms with Crippen molar-refractivity contribution in [2.24, 2.45) is 5.92 Å². The van der Waals surface area contributed by atoms with Gasteiger partial charge in [-0.3, -0.25) is 4.79 Å². The molecule has 2 aliphatic rings. The Labute approximate surface area is 150 Å². The molecule has 0 spiro atoms. The molecule has 1 atom stereocenters. The molecule has 0 bridgehead atoms. The lowest BCUT2D eigenvalue weighted by Crippen LogP contribution is -2.50. The van der Waals surface area contributed by atoms with Crippen LogP contribution in [0, 0.1) is 12.8 Å². The molecule has 138 valence electrons. The van der Waals surface area contributed by atoms with Gasteiger partial charge in [0.2, 0.25) is 5.91 Å². The molecule has 2 saturated heterocycles. The highest BCUT2D eigenvalue weighted by atomic mass is 16.5. The summed E-state index contributed by atoms with van der Waals surface area (Å²) in [5, 5.41) is 6.46. The Hall–Kier alpha value is -1.59. The van der Waals surface area contributed by atoms with Gasteiger partial charge < -0.3 is 20.1 Å². The summed E-state index contributed by atoms with van der Waals surface area (Å²) in [7, 11) is 0. The molecule has 25 heavy (non-hydrogen) atoms. The molecule has 1 aromatic carbocycles. The number of ether oxygens (including phenoxy) is 2. The van der Waals surface area contributed by atoms with Crippen molar-refractivity contribution in [3.63, 3.8) is 0 Å².